The SMILES string of the molecule is CS(=O)(=O)[CH-]S(C)(=O)=O.[Li+]. The molecule has 0 amide bonds. The van der Waals surface area contributed by atoms with E-state index in [0.29, 0.717) is 5.08 Å². The zero-order valence-corrected chi connectivity index (χ0v) is 7.66. The second-order valence-corrected chi connectivity index (χ2v) is 5.84. The first kappa shape index (κ1) is 13.1. The minimum Gasteiger partial charge on any atom is -0.262 e. The van der Waals surface area contributed by atoms with Crippen LogP contribution in [0, 0.1) is 5.08 Å². The molecule has 0 aromatic heterocycles. The Morgan fingerprint density at radius 2 is 1.10 bits per heavy atom. The first-order chi connectivity index (χ1) is 3.71. The van der Waals surface area contributed by atoms with Gasteiger partial charge >= 0.3 is 18.9 Å². The maximum atomic E-state index is 10.2. The van der Waals surface area contributed by atoms with Gasteiger partial charge in [-0.15, -0.1) is 0 Å². The van der Waals surface area contributed by atoms with Gasteiger partial charge in [-0.2, -0.15) is 0 Å². The molecule has 0 aromatic rings. The Morgan fingerprint density at radius 1 is 0.900 bits per heavy atom. The van der Waals surface area contributed by atoms with E-state index in [1.165, 1.54) is 0 Å². The van der Waals surface area contributed by atoms with Crippen molar-refractivity contribution >= 4 is 19.7 Å². The number of hydrogen-bond donors (Lipinski definition) is 0. The van der Waals surface area contributed by atoms with Gasteiger partial charge in [0.25, 0.3) is 0 Å². The molecule has 0 saturated heterocycles. The molecule has 0 aromatic carbocycles. The van der Waals surface area contributed by atoms with Crippen LogP contribution in [-0.4, -0.2) is 29.3 Å². The van der Waals surface area contributed by atoms with Gasteiger partial charge < -0.3 is 0 Å². The van der Waals surface area contributed by atoms with Crippen LogP contribution in [0.2, 0.25) is 0 Å². The zero-order chi connectivity index (χ0) is 7.71. The Kier molecular flexibility index (Phi) is 4.94. The van der Waals surface area contributed by atoms with E-state index in [0.717, 1.165) is 12.5 Å². The molecule has 0 heterocycles. The van der Waals surface area contributed by atoms with Crippen LogP contribution in [0.3, 0.4) is 0 Å². The quantitative estimate of drug-likeness (QED) is 0.321. The predicted octanol–water partition coefficient (Wildman–Crippen LogP) is -3.80. The van der Waals surface area contributed by atoms with E-state index in [1.807, 2.05) is 0 Å². The van der Waals surface area contributed by atoms with Crippen LogP contribution in [0.1, 0.15) is 0 Å². The summed E-state index contributed by atoms with van der Waals surface area (Å²) in [5, 5.41) is 0.319. The summed E-state index contributed by atoms with van der Waals surface area (Å²) >= 11 is 0. The van der Waals surface area contributed by atoms with Crippen molar-refractivity contribution in [3.63, 3.8) is 0 Å². The molecule has 0 spiro atoms. The summed E-state index contributed by atoms with van der Waals surface area (Å²) in [6, 6.07) is 0. The van der Waals surface area contributed by atoms with Gasteiger partial charge in [-0.1, -0.05) is 5.08 Å². The van der Waals surface area contributed by atoms with E-state index in [9.17, 15) is 16.8 Å². The molecule has 10 heavy (non-hydrogen) atoms. The molecule has 0 fully saturated rings. The van der Waals surface area contributed by atoms with Gasteiger partial charge in [0.1, 0.15) is 0 Å². The van der Waals surface area contributed by atoms with Crippen LogP contribution >= 0.6 is 0 Å². The van der Waals surface area contributed by atoms with Crippen molar-refractivity contribution in [3.05, 3.63) is 5.08 Å². The number of sulfone groups is 2. The third-order valence-corrected chi connectivity index (χ3v) is 3.15. The minimum atomic E-state index is -3.49. The number of hydrogen-bond acceptors (Lipinski definition) is 4. The second kappa shape index (κ2) is 3.76. The van der Waals surface area contributed by atoms with E-state index in [1.54, 1.807) is 0 Å². The van der Waals surface area contributed by atoms with Gasteiger partial charge in [-0.05, 0) is 0 Å². The van der Waals surface area contributed by atoms with Gasteiger partial charge in [0, 0.05) is 32.2 Å². The first-order valence-electron chi connectivity index (χ1n) is 1.95. The Morgan fingerprint density at radius 3 is 1.10 bits per heavy atom. The summed E-state index contributed by atoms with van der Waals surface area (Å²) < 4.78 is 40.8. The van der Waals surface area contributed by atoms with Crippen molar-refractivity contribution in [1.29, 1.82) is 0 Å². The van der Waals surface area contributed by atoms with Crippen molar-refractivity contribution in [2.75, 3.05) is 12.5 Å². The average molecular weight is 178 g/mol. The summed E-state index contributed by atoms with van der Waals surface area (Å²) in [6.07, 6.45) is 1.65. The van der Waals surface area contributed by atoms with Gasteiger partial charge in [0.2, 0.25) is 0 Å². The molecule has 0 aliphatic carbocycles. The molecule has 0 unspecified atom stereocenters. The Balaban J connectivity index is 0. The third-order valence-electron chi connectivity index (χ3n) is 0.350. The third kappa shape index (κ3) is 11.3. The van der Waals surface area contributed by atoms with Crippen molar-refractivity contribution in [2.24, 2.45) is 0 Å². The fourth-order valence-corrected chi connectivity index (χ4v) is 2.86. The largest absolute Gasteiger partial charge is 1.00 e. The van der Waals surface area contributed by atoms with Gasteiger partial charge in [-0.25, -0.2) is 0 Å². The molecule has 0 N–H and O–H groups in total. The van der Waals surface area contributed by atoms with Crippen LogP contribution < -0.4 is 18.9 Å². The zero-order valence-electron chi connectivity index (χ0n) is 6.03. The summed E-state index contributed by atoms with van der Waals surface area (Å²) in [5.41, 5.74) is 0. The van der Waals surface area contributed by atoms with Crippen LogP contribution in [0.5, 0.6) is 0 Å². The van der Waals surface area contributed by atoms with E-state index in [4.69, 9.17) is 0 Å². The summed E-state index contributed by atoms with van der Waals surface area (Å²) in [5.74, 6) is 0. The van der Waals surface area contributed by atoms with Crippen LogP contribution in [0.25, 0.3) is 0 Å². The van der Waals surface area contributed by atoms with Crippen LogP contribution in [0.15, 0.2) is 0 Å². The standard InChI is InChI=1S/C3H7O4S2.Li/c1-8(4,5)3-9(2,6)7;/h3H,1-2H3;/q-1;+1. The molecule has 0 rings (SSSR count). The normalized spacial score (nSPS) is 12.2. The molecule has 0 saturated carbocycles. The Hall–Kier alpha value is 0.497. The van der Waals surface area contributed by atoms with E-state index < -0.39 is 19.7 Å². The predicted molar refractivity (Wildman–Crippen MR) is 34.0 cm³/mol. The maximum Gasteiger partial charge on any atom is 1.00 e. The molecular weight excluding hydrogens is 171 g/mol. The van der Waals surface area contributed by atoms with Crippen molar-refractivity contribution in [1.82, 2.24) is 0 Å². The topological polar surface area (TPSA) is 68.3 Å². The molecule has 0 aliphatic heterocycles. The number of rotatable bonds is 2. The molecule has 0 aliphatic rings. The van der Waals surface area contributed by atoms with Crippen LogP contribution in [0.4, 0.5) is 0 Å². The minimum absolute atomic E-state index is 0. The Labute approximate surface area is 73.0 Å². The fourth-order valence-electron chi connectivity index (χ4n) is 0.318. The average Bonchev–Trinajstić information content (AvgIpc) is 1.14. The van der Waals surface area contributed by atoms with E-state index in [-0.39, 0.29) is 18.9 Å². The summed E-state index contributed by atoms with van der Waals surface area (Å²) in [6.45, 7) is 0. The van der Waals surface area contributed by atoms with E-state index in [2.05, 4.69) is 0 Å². The van der Waals surface area contributed by atoms with E-state index >= 15 is 0 Å². The second-order valence-electron chi connectivity index (χ2n) is 1.76. The van der Waals surface area contributed by atoms with Crippen molar-refractivity contribution in [3.8, 4) is 0 Å². The summed E-state index contributed by atoms with van der Waals surface area (Å²) in [7, 11) is -6.99. The first-order valence-corrected chi connectivity index (χ1v) is 5.86. The summed E-state index contributed by atoms with van der Waals surface area (Å²) in [4.78, 5) is 0. The van der Waals surface area contributed by atoms with Gasteiger partial charge in [0.15, 0.2) is 0 Å². The molecule has 0 atom stereocenters. The van der Waals surface area contributed by atoms with Gasteiger partial charge in [0.05, 0.1) is 0 Å². The van der Waals surface area contributed by atoms with Crippen molar-refractivity contribution < 1.29 is 35.7 Å². The molecular formula is C3H7LiO4S2. The Bertz CT molecular complexity index is 244. The van der Waals surface area contributed by atoms with Gasteiger partial charge in [-0.3, -0.25) is 16.8 Å². The molecule has 56 valence electrons. The molecule has 4 nitrogen and oxygen atoms in total. The molecule has 0 bridgehead atoms. The maximum absolute atomic E-state index is 10.2. The molecule has 0 radical (unpaired) electrons. The van der Waals surface area contributed by atoms with Crippen LogP contribution in [-0.2, 0) is 19.7 Å². The molecule has 7 heteroatoms. The smallest absolute Gasteiger partial charge is 0.262 e. The van der Waals surface area contributed by atoms with Crippen molar-refractivity contribution in [2.45, 2.75) is 0 Å². The monoisotopic (exact) mass is 178 g/mol. The fraction of sp³-hybridized carbons (Fsp3) is 0.667.